The number of carbonyl (C=O) groups excluding carboxylic acids is 1. The first-order valence-electron chi connectivity index (χ1n) is 7.28. The van der Waals surface area contributed by atoms with Gasteiger partial charge in [-0.25, -0.2) is 12.8 Å². The molecule has 1 aromatic carbocycles. The van der Waals surface area contributed by atoms with Gasteiger partial charge in [0, 0.05) is 13.1 Å². The van der Waals surface area contributed by atoms with Crippen molar-refractivity contribution in [3.05, 3.63) is 30.1 Å². The van der Waals surface area contributed by atoms with E-state index in [0.717, 1.165) is 12.1 Å². The maximum Gasteiger partial charge on any atom is 0.227 e. The van der Waals surface area contributed by atoms with Crippen LogP contribution in [0.25, 0.3) is 0 Å². The summed E-state index contributed by atoms with van der Waals surface area (Å²) in [5.74, 6) is -0.960. The van der Waals surface area contributed by atoms with Crippen molar-refractivity contribution < 1.29 is 17.6 Å². The minimum Gasteiger partial charge on any atom is -0.355 e. The summed E-state index contributed by atoms with van der Waals surface area (Å²) in [4.78, 5) is 12.2. The summed E-state index contributed by atoms with van der Waals surface area (Å²) in [5.41, 5.74) is 5.02. The molecule has 0 unspecified atom stereocenters. The van der Waals surface area contributed by atoms with Gasteiger partial charge >= 0.3 is 0 Å². The normalized spacial score (nSPS) is 12.2. The summed E-state index contributed by atoms with van der Waals surface area (Å²) in [6, 6.07) is 4.63. The quantitative estimate of drug-likeness (QED) is 0.707. The molecule has 0 radical (unpaired) electrons. The molecule has 1 rings (SSSR count). The minimum absolute atomic E-state index is 0.000291. The first-order valence-corrected chi connectivity index (χ1v) is 8.93. The van der Waals surface area contributed by atoms with Gasteiger partial charge in [-0.05, 0) is 37.1 Å². The van der Waals surface area contributed by atoms with Gasteiger partial charge in [-0.1, -0.05) is 13.8 Å². The van der Waals surface area contributed by atoms with Crippen molar-refractivity contribution in [3.63, 3.8) is 0 Å². The Balaban J connectivity index is 2.66. The third kappa shape index (κ3) is 4.27. The van der Waals surface area contributed by atoms with Crippen molar-refractivity contribution in [2.45, 2.75) is 31.6 Å². The molecule has 5 nitrogen and oxygen atoms in total. The maximum absolute atomic E-state index is 12.8. The van der Waals surface area contributed by atoms with E-state index in [1.54, 1.807) is 0 Å². The number of amides is 1. The molecule has 0 saturated heterocycles. The lowest BCUT2D eigenvalue weighted by Gasteiger charge is -2.28. The zero-order valence-corrected chi connectivity index (χ0v) is 13.7. The monoisotopic (exact) mass is 330 g/mol. The van der Waals surface area contributed by atoms with Crippen LogP contribution in [-0.2, 0) is 14.6 Å². The van der Waals surface area contributed by atoms with Gasteiger partial charge in [0.25, 0.3) is 0 Å². The number of hydrogen-bond donors (Lipinski definition) is 2. The van der Waals surface area contributed by atoms with E-state index in [1.807, 2.05) is 13.8 Å². The van der Waals surface area contributed by atoms with Crippen LogP contribution in [0.1, 0.15) is 26.7 Å². The molecule has 7 heteroatoms. The fraction of sp³-hybridized carbons (Fsp3) is 0.533. The van der Waals surface area contributed by atoms with Gasteiger partial charge in [0.2, 0.25) is 5.91 Å². The molecule has 0 aliphatic heterocycles. The number of rotatable bonds is 8. The van der Waals surface area contributed by atoms with Crippen molar-refractivity contribution in [2.75, 3.05) is 18.8 Å². The summed E-state index contributed by atoms with van der Waals surface area (Å²) in [6.45, 7) is 3.98. The zero-order chi connectivity index (χ0) is 16.8. The summed E-state index contributed by atoms with van der Waals surface area (Å²) in [5, 5.41) is 2.64. The zero-order valence-electron chi connectivity index (χ0n) is 12.9. The van der Waals surface area contributed by atoms with Crippen LogP contribution in [-0.4, -0.2) is 33.2 Å². The second-order valence-electron chi connectivity index (χ2n) is 5.22. The predicted octanol–water partition coefficient (Wildman–Crippen LogP) is 1.48. The van der Waals surface area contributed by atoms with Gasteiger partial charge in [0.15, 0.2) is 9.84 Å². The second-order valence-corrected chi connectivity index (χ2v) is 7.33. The predicted molar refractivity (Wildman–Crippen MR) is 83.5 cm³/mol. The highest BCUT2D eigenvalue weighted by Gasteiger charge is 2.33. The average molecular weight is 330 g/mol. The van der Waals surface area contributed by atoms with E-state index in [1.165, 1.54) is 12.1 Å². The van der Waals surface area contributed by atoms with Crippen molar-refractivity contribution >= 4 is 15.7 Å². The van der Waals surface area contributed by atoms with Crippen LogP contribution < -0.4 is 11.1 Å². The topological polar surface area (TPSA) is 89.3 Å². The highest BCUT2D eigenvalue weighted by atomic mass is 32.2. The maximum atomic E-state index is 12.8. The van der Waals surface area contributed by atoms with E-state index in [4.69, 9.17) is 5.73 Å². The van der Waals surface area contributed by atoms with Crippen LogP contribution in [0.5, 0.6) is 0 Å². The van der Waals surface area contributed by atoms with Crippen LogP contribution >= 0.6 is 0 Å². The van der Waals surface area contributed by atoms with Gasteiger partial charge in [0.05, 0.1) is 16.1 Å². The van der Waals surface area contributed by atoms with Crippen molar-refractivity contribution in [1.82, 2.24) is 5.32 Å². The number of carbonyl (C=O) groups is 1. The summed E-state index contributed by atoms with van der Waals surface area (Å²) >= 11 is 0. The number of nitrogens with one attached hydrogen (secondary N) is 1. The summed E-state index contributed by atoms with van der Waals surface area (Å²) < 4.78 is 37.0. The van der Waals surface area contributed by atoms with E-state index < -0.39 is 21.1 Å². The van der Waals surface area contributed by atoms with Crippen LogP contribution in [0.15, 0.2) is 29.2 Å². The Kier molecular flexibility index (Phi) is 6.49. The molecule has 3 N–H and O–H groups in total. The molecule has 0 spiro atoms. The lowest BCUT2D eigenvalue weighted by molar-refractivity contribution is -0.130. The van der Waals surface area contributed by atoms with E-state index in [-0.39, 0.29) is 29.6 Å². The van der Waals surface area contributed by atoms with Crippen LogP contribution in [0.2, 0.25) is 0 Å². The molecule has 124 valence electrons. The van der Waals surface area contributed by atoms with E-state index in [9.17, 15) is 17.6 Å². The smallest absolute Gasteiger partial charge is 0.227 e. The first kappa shape index (κ1) is 18.6. The van der Waals surface area contributed by atoms with Gasteiger partial charge in [0.1, 0.15) is 5.82 Å². The molecule has 0 aliphatic rings. The van der Waals surface area contributed by atoms with E-state index in [0.29, 0.717) is 12.8 Å². The highest BCUT2D eigenvalue weighted by Crippen LogP contribution is 2.24. The second kappa shape index (κ2) is 7.69. The van der Waals surface area contributed by atoms with Crippen molar-refractivity contribution in [3.8, 4) is 0 Å². The minimum atomic E-state index is -3.55. The van der Waals surface area contributed by atoms with Crippen molar-refractivity contribution in [2.24, 2.45) is 11.1 Å². The van der Waals surface area contributed by atoms with Crippen LogP contribution in [0.3, 0.4) is 0 Å². The fourth-order valence-electron chi connectivity index (χ4n) is 2.20. The average Bonchev–Trinajstić information content (AvgIpc) is 2.50. The Hall–Kier alpha value is -1.47. The van der Waals surface area contributed by atoms with E-state index in [2.05, 4.69) is 5.32 Å². The van der Waals surface area contributed by atoms with Crippen molar-refractivity contribution in [1.29, 1.82) is 0 Å². The van der Waals surface area contributed by atoms with Gasteiger partial charge in [-0.15, -0.1) is 0 Å². The van der Waals surface area contributed by atoms with Gasteiger partial charge in [-0.3, -0.25) is 4.79 Å². The Labute approximate surface area is 131 Å². The number of hydrogen-bond acceptors (Lipinski definition) is 4. The molecule has 0 atom stereocenters. The van der Waals surface area contributed by atoms with E-state index >= 15 is 0 Å². The summed E-state index contributed by atoms with van der Waals surface area (Å²) in [6.07, 6.45) is 1.19. The number of sulfone groups is 1. The molecule has 0 bridgehead atoms. The summed E-state index contributed by atoms with van der Waals surface area (Å²) in [7, 11) is -3.55. The fourth-order valence-corrected chi connectivity index (χ4v) is 3.36. The standard InChI is InChI=1S/C15H23FN2O3S/c1-3-15(4-2,11-17)14(19)18-9-10-22(20,21)13-7-5-12(16)6-8-13/h5-8H,3-4,9-11,17H2,1-2H3,(H,18,19). The lowest BCUT2D eigenvalue weighted by Crippen LogP contribution is -2.46. The molecule has 22 heavy (non-hydrogen) atoms. The SMILES string of the molecule is CCC(CC)(CN)C(=O)NCCS(=O)(=O)c1ccc(F)cc1. The lowest BCUT2D eigenvalue weighted by atomic mass is 9.81. The first-order chi connectivity index (χ1) is 10.3. The van der Waals surface area contributed by atoms with Crippen LogP contribution in [0.4, 0.5) is 4.39 Å². The molecular formula is C15H23FN2O3S. The molecule has 1 amide bonds. The third-order valence-electron chi connectivity index (χ3n) is 4.06. The Morgan fingerprint density at radius 3 is 2.23 bits per heavy atom. The Bertz CT molecular complexity index is 587. The van der Waals surface area contributed by atoms with Gasteiger partial charge in [-0.2, -0.15) is 0 Å². The molecule has 0 saturated carbocycles. The Morgan fingerprint density at radius 1 is 1.23 bits per heavy atom. The Morgan fingerprint density at radius 2 is 1.77 bits per heavy atom. The third-order valence-corrected chi connectivity index (χ3v) is 5.79. The number of benzene rings is 1. The molecule has 1 aromatic rings. The largest absolute Gasteiger partial charge is 0.355 e. The molecular weight excluding hydrogens is 307 g/mol. The molecule has 0 heterocycles. The number of nitrogens with two attached hydrogens (primary N) is 1. The molecule has 0 fully saturated rings. The number of halogens is 1. The molecule has 0 aromatic heterocycles. The highest BCUT2D eigenvalue weighted by molar-refractivity contribution is 7.91. The molecule has 0 aliphatic carbocycles. The van der Waals surface area contributed by atoms with Crippen LogP contribution in [0, 0.1) is 11.2 Å². The van der Waals surface area contributed by atoms with Gasteiger partial charge < -0.3 is 11.1 Å².